The van der Waals surface area contributed by atoms with Gasteiger partial charge in [-0.1, -0.05) is 11.8 Å². The largest absolute Gasteiger partial charge is 0.495 e. The lowest BCUT2D eigenvalue weighted by Crippen LogP contribution is -2.14. The summed E-state index contributed by atoms with van der Waals surface area (Å²) in [6.07, 6.45) is 4.34. The third kappa shape index (κ3) is 3.78. The van der Waals surface area contributed by atoms with Crippen LogP contribution in [0.1, 0.15) is 16.1 Å². The number of methoxy groups -OCH3 is 1. The highest BCUT2D eigenvalue weighted by Crippen LogP contribution is 2.25. The minimum Gasteiger partial charge on any atom is -0.495 e. The minimum absolute atomic E-state index is 0.220. The number of ether oxygens (including phenoxy) is 1. The number of nitrogens with zero attached hydrogens (tertiary/aromatic N) is 2. The van der Waals surface area contributed by atoms with Gasteiger partial charge in [-0.3, -0.25) is 9.78 Å². The fourth-order valence-corrected chi connectivity index (χ4v) is 1.64. The first-order chi connectivity index (χ1) is 10.2. The third-order valence-electron chi connectivity index (χ3n) is 2.58. The van der Waals surface area contributed by atoms with E-state index in [2.05, 4.69) is 27.1 Å². The molecule has 0 saturated carbocycles. The van der Waals surface area contributed by atoms with Gasteiger partial charge in [-0.15, -0.1) is 0 Å². The molecule has 3 N–H and O–H groups in total. The van der Waals surface area contributed by atoms with Gasteiger partial charge in [0.1, 0.15) is 11.4 Å². The molecule has 2 rings (SSSR count). The Morgan fingerprint density at radius 2 is 2.29 bits per heavy atom. The molecule has 0 fully saturated rings. The Labute approximate surface area is 122 Å². The van der Waals surface area contributed by atoms with E-state index in [4.69, 9.17) is 10.5 Å². The van der Waals surface area contributed by atoms with Crippen molar-refractivity contribution in [3.05, 3.63) is 48.0 Å². The molecule has 6 nitrogen and oxygen atoms in total. The number of hydrogen-bond acceptors (Lipinski definition) is 5. The predicted molar refractivity (Wildman–Crippen MR) is 78.9 cm³/mol. The molecule has 1 heterocycles. The summed E-state index contributed by atoms with van der Waals surface area (Å²) in [4.78, 5) is 19.9. The molecule has 2 aromatic rings. The molecule has 6 heteroatoms. The molecule has 1 aromatic heterocycles. The molecule has 106 valence electrons. The van der Waals surface area contributed by atoms with E-state index in [1.165, 1.54) is 25.7 Å². The molecule has 1 amide bonds. The quantitative estimate of drug-likeness (QED) is 0.821. The predicted octanol–water partition coefficient (Wildman–Crippen LogP) is 1.05. The van der Waals surface area contributed by atoms with Gasteiger partial charge < -0.3 is 15.8 Å². The SMILES string of the molecule is COc1ccc(C#CCN)cc1NC(=O)c1cnccn1. The van der Waals surface area contributed by atoms with Crippen molar-refractivity contribution in [1.29, 1.82) is 0 Å². The Morgan fingerprint density at radius 3 is 2.95 bits per heavy atom. The minimum atomic E-state index is -0.370. The van der Waals surface area contributed by atoms with E-state index >= 15 is 0 Å². The molecule has 0 aliphatic carbocycles. The van der Waals surface area contributed by atoms with Crippen molar-refractivity contribution in [3.63, 3.8) is 0 Å². The molecule has 0 spiro atoms. The molecular formula is C15H14N4O2. The number of nitrogens with one attached hydrogen (secondary N) is 1. The summed E-state index contributed by atoms with van der Waals surface area (Å²) in [7, 11) is 1.53. The van der Waals surface area contributed by atoms with Crippen LogP contribution in [0.3, 0.4) is 0 Å². The number of carbonyl (C=O) groups excluding carboxylic acids is 1. The Morgan fingerprint density at radius 1 is 1.43 bits per heavy atom. The summed E-state index contributed by atoms with van der Waals surface area (Å²) in [6, 6.07) is 5.24. The van der Waals surface area contributed by atoms with Crippen molar-refractivity contribution in [3.8, 4) is 17.6 Å². The molecule has 0 bridgehead atoms. The van der Waals surface area contributed by atoms with Crippen LogP contribution in [0.5, 0.6) is 5.75 Å². The average Bonchev–Trinajstić information content (AvgIpc) is 2.54. The first-order valence-electron chi connectivity index (χ1n) is 6.19. The molecular weight excluding hydrogens is 268 g/mol. The second kappa shape index (κ2) is 7.03. The second-order valence-corrected chi connectivity index (χ2v) is 3.97. The summed E-state index contributed by atoms with van der Waals surface area (Å²) < 4.78 is 5.22. The molecule has 0 unspecified atom stereocenters. The number of amides is 1. The van der Waals surface area contributed by atoms with Crippen molar-refractivity contribution in [2.75, 3.05) is 19.0 Å². The van der Waals surface area contributed by atoms with Gasteiger partial charge in [0, 0.05) is 18.0 Å². The van der Waals surface area contributed by atoms with Crippen molar-refractivity contribution >= 4 is 11.6 Å². The number of rotatable bonds is 3. The Balaban J connectivity index is 2.27. The molecule has 0 saturated heterocycles. The van der Waals surface area contributed by atoms with Crippen LogP contribution in [-0.4, -0.2) is 29.5 Å². The van der Waals surface area contributed by atoms with Gasteiger partial charge in [-0.05, 0) is 18.2 Å². The standard InChI is InChI=1S/C15H14N4O2/c1-21-14-5-4-11(3-2-6-16)9-12(14)19-15(20)13-10-17-7-8-18-13/h4-5,7-10H,6,16H2,1H3,(H,19,20). The number of nitrogens with two attached hydrogens (primary N) is 1. The highest BCUT2D eigenvalue weighted by Gasteiger charge is 2.11. The van der Waals surface area contributed by atoms with Crippen LogP contribution in [0.25, 0.3) is 0 Å². The molecule has 0 atom stereocenters. The van der Waals surface area contributed by atoms with Crippen LogP contribution in [0.15, 0.2) is 36.8 Å². The zero-order chi connectivity index (χ0) is 15.1. The third-order valence-corrected chi connectivity index (χ3v) is 2.58. The first kappa shape index (κ1) is 14.5. The second-order valence-electron chi connectivity index (χ2n) is 3.97. The fourth-order valence-electron chi connectivity index (χ4n) is 1.64. The molecule has 21 heavy (non-hydrogen) atoms. The Hall–Kier alpha value is -2.91. The summed E-state index contributed by atoms with van der Waals surface area (Å²) in [5.74, 6) is 5.82. The van der Waals surface area contributed by atoms with E-state index in [1.807, 2.05) is 0 Å². The lowest BCUT2D eigenvalue weighted by molar-refractivity contribution is 0.102. The van der Waals surface area contributed by atoms with Crippen molar-refractivity contribution in [1.82, 2.24) is 9.97 Å². The fraction of sp³-hybridized carbons (Fsp3) is 0.133. The van der Waals surface area contributed by atoms with Gasteiger partial charge in [0.15, 0.2) is 0 Å². The van der Waals surface area contributed by atoms with Crippen LogP contribution in [0.4, 0.5) is 5.69 Å². The summed E-state index contributed by atoms with van der Waals surface area (Å²) in [6.45, 7) is 0.271. The normalized spacial score (nSPS) is 9.43. The average molecular weight is 282 g/mol. The number of anilines is 1. The molecule has 1 aromatic carbocycles. The number of benzene rings is 1. The van der Waals surface area contributed by atoms with Crippen LogP contribution in [0, 0.1) is 11.8 Å². The van der Waals surface area contributed by atoms with E-state index in [9.17, 15) is 4.79 Å². The lowest BCUT2D eigenvalue weighted by Gasteiger charge is -2.10. The van der Waals surface area contributed by atoms with E-state index in [0.717, 1.165) is 5.56 Å². The van der Waals surface area contributed by atoms with Gasteiger partial charge in [0.2, 0.25) is 0 Å². The van der Waals surface area contributed by atoms with Crippen molar-refractivity contribution < 1.29 is 9.53 Å². The van der Waals surface area contributed by atoms with E-state index in [-0.39, 0.29) is 18.1 Å². The van der Waals surface area contributed by atoms with E-state index < -0.39 is 0 Å². The van der Waals surface area contributed by atoms with Crippen LogP contribution >= 0.6 is 0 Å². The van der Waals surface area contributed by atoms with Gasteiger partial charge in [-0.2, -0.15) is 0 Å². The van der Waals surface area contributed by atoms with Crippen LogP contribution < -0.4 is 15.8 Å². The topological polar surface area (TPSA) is 90.1 Å². The van der Waals surface area contributed by atoms with Crippen LogP contribution in [-0.2, 0) is 0 Å². The van der Waals surface area contributed by atoms with Gasteiger partial charge in [0.25, 0.3) is 5.91 Å². The van der Waals surface area contributed by atoms with Crippen molar-refractivity contribution in [2.45, 2.75) is 0 Å². The number of aromatic nitrogens is 2. The maximum atomic E-state index is 12.1. The maximum absolute atomic E-state index is 12.1. The van der Waals surface area contributed by atoms with E-state index in [0.29, 0.717) is 11.4 Å². The van der Waals surface area contributed by atoms with Gasteiger partial charge >= 0.3 is 0 Å². The Kier molecular flexibility index (Phi) is 4.85. The summed E-state index contributed by atoms with van der Waals surface area (Å²) in [5, 5.41) is 2.73. The lowest BCUT2D eigenvalue weighted by atomic mass is 10.2. The van der Waals surface area contributed by atoms with Gasteiger partial charge in [0.05, 0.1) is 25.5 Å². The Bertz CT molecular complexity index is 690. The number of carbonyl (C=O) groups is 1. The number of hydrogen-bond donors (Lipinski definition) is 2. The zero-order valence-electron chi connectivity index (χ0n) is 11.5. The highest BCUT2D eigenvalue weighted by molar-refractivity contribution is 6.03. The summed E-state index contributed by atoms with van der Waals surface area (Å²) >= 11 is 0. The smallest absolute Gasteiger partial charge is 0.275 e. The molecule has 0 aliphatic heterocycles. The van der Waals surface area contributed by atoms with Crippen LogP contribution in [0.2, 0.25) is 0 Å². The zero-order valence-corrected chi connectivity index (χ0v) is 11.5. The highest BCUT2D eigenvalue weighted by atomic mass is 16.5. The van der Waals surface area contributed by atoms with E-state index in [1.54, 1.807) is 18.2 Å². The van der Waals surface area contributed by atoms with Gasteiger partial charge in [-0.25, -0.2) is 4.98 Å². The molecule has 0 aliphatic rings. The van der Waals surface area contributed by atoms with Crippen molar-refractivity contribution in [2.24, 2.45) is 5.73 Å². The maximum Gasteiger partial charge on any atom is 0.275 e. The summed E-state index contributed by atoms with van der Waals surface area (Å²) in [5.41, 5.74) is 6.81. The monoisotopic (exact) mass is 282 g/mol. The first-order valence-corrected chi connectivity index (χ1v) is 6.19. The molecule has 0 radical (unpaired) electrons.